The molecule has 0 saturated carbocycles. The maximum atomic E-state index is 11.8. The Kier molecular flexibility index (Phi) is 7.19. The molecule has 66 heavy (non-hydrogen) atoms. The summed E-state index contributed by atoms with van der Waals surface area (Å²) in [5.41, 5.74) is 10.7. The SMILES string of the molecule is CC(C)(c1c(C#N)c(-n2c3ccccc3c3c4oc5ccccc5c4ccc32)cc(-n2c3ccccc3c3c4oc5ccccc5c4ccc32)c1C#N)n1c2ccccc2c2ccccc21. The molecule has 7 nitrogen and oxygen atoms in total. The molecule has 0 radical (unpaired) electrons. The summed E-state index contributed by atoms with van der Waals surface area (Å²) < 4.78 is 20.2. The van der Waals surface area contributed by atoms with Gasteiger partial charge in [0, 0.05) is 59.7 Å². The monoisotopic (exact) mass is 845 g/mol. The molecule has 5 heterocycles. The first-order valence-electron chi connectivity index (χ1n) is 22.1. The summed E-state index contributed by atoms with van der Waals surface area (Å²) in [6.45, 7) is 4.29. The second kappa shape index (κ2) is 13.0. The first-order chi connectivity index (χ1) is 32.5. The van der Waals surface area contributed by atoms with Crippen LogP contribution in [0.4, 0.5) is 0 Å². The number of nitrogens with zero attached hydrogens (tertiary/aromatic N) is 5. The molecule has 0 N–H and O–H groups in total. The van der Waals surface area contributed by atoms with Gasteiger partial charge in [0.15, 0.2) is 0 Å². The van der Waals surface area contributed by atoms with E-state index in [0.29, 0.717) is 28.1 Å². The smallest absolute Gasteiger partial charge is 0.145 e. The molecule has 0 spiro atoms. The van der Waals surface area contributed by atoms with Crippen LogP contribution >= 0.6 is 0 Å². The molecule has 0 unspecified atom stereocenters. The summed E-state index contributed by atoms with van der Waals surface area (Å²) in [6, 6.07) is 65.8. The van der Waals surface area contributed by atoms with Crippen molar-refractivity contribution in [3.63, 3.8) is 0 Å². The van der Waals surface area contributed by atoms with Gasteiger partial charge in [0.2, 0.25) is 0 Å². The van der Waals surface area contributed by atoms with Gasteiger partial charge in [-0.1, -0.05) is 109 Å². The van der Waals surface area contributed by atoms with Crippen LogP contribution < -0.4 is 0 Å². The molecule has 0 saturated heterocycles. The number of nitriles is 2. The zero-order valence-electron chi connectivity index (χ0n) is 35.8. The van der Waals surface area contributed by atoms with Crippen molar-refractivity contribution in [2.24, 2.45) is 0 Å². The molecule has 0 amide bonds. The van der Waals surface area contributed by atoms with E-state index in [-0.39, 0.29) is 0 Å². The van der Waals surface area contributed by atoms with E-state index in [1.807, 2.05) is 48.5 Å². The third-order valence-corrected chi connectivity index (χ3v) is 14.1. The molecule has 0 fully saturated rings. The predicted molar refractivity (Wildman–Crippen MR) is 267 cm³/mol. The Morgan fingerprint density at radius 1 is 0.394 bits per heavy atom. The Balaban J connectivity index is 1.19. The molecule has 0 aliphatic rings. The fourth-order valence-electron chi connectivity index (χ4n) is 11.5. The van der Waals surface area contributed by atoms with Gasteiger partial charge in [0.1, 0.15) is 34.5 Å². The number of furan rings is 2. The average Bonchev–Trinajstić information content (AvgIpc) is 4.17. The van der Waals surface area contributed by atoms with Crippen molar-refractivity contribution in [3.8, 4) is 23.5 Å². The number of rotatable bonds is 4. The highest BCUT2D eigenvalue weighted by Gasteiger charge is 2.37. The first-order valence-corrected chi connectivity index (χ1v) is 22.1. The van der Waals surface area contributed by atoms with Crippen LogP contribution in [-0.2, 0) is 5.54 Å². The molecule has 0 atom stereocenters. The van der Waals surface area contributed by atoms with Crippen molar-refractivity contribution in [2.45, 2.75) is 19.4 Å². The quantitative estimate of drug-likeness (QED) is 0.176. The van der Waals surface area contributed by atoms with Gasteiger partial charge >= 0.3 is 0 Å². The van der Waals surface area contributed by atoms with E-state index >= 15 is 0 Å². The van der Waals surface area contributed by atoms with Crippen molar-refractivity contribution in [1.82, 2.24) is 13.7 Å². The Bertz CT molecular complexity index is 4260. The molecule has 5 aromatic heterocycles. The Labute approximate surface area is 376 Å². The minimum Gasteiger partial charge on any atom is -0.455 e. The topological polar surface area (TPSA) is 88.7 Å². The summed E-state index contributed by atoms with van der Waals surface area (Å²) in [5, 5.41) is 34.0. The standard InChI is InChI=1S/C59H35N5O2/c1-59(2,64-46-23-11-3-15-34(46)35-16-4-12-24-47(35)64)56-42(32-60)50(62-44-21-9-5-19-40(44)54-48(62)29-27-38-36-17-7-13-25-52(36)65-57(38)54)31-51(43(56)33-61)63-45-22-10-6-20-41(45)55-49(63)30-28-39-37-18-8-14-26-53(37)66-58(39)55/h3-31H,1-2H3. The van der Waals surface area contributed by atoms with Crippen molar-refractivity contribution < 1.29 is 8.83 Å². The first kappa shape index (κ1) is 36.4. The normalized spacial score (nSPS) is 12.4. The van der Waals surface area contributed by atoms with E-state index in [9.17, 15) is 10.5 Å². The highest BCUT2D eigenvalue weighted by molar-refractivity contribution is 6.25. The summed E-state index contributed by atoms with van der Waals surface area (Å²) >= 11 is 0. The summed E-state index contributed by atoms with van der Waals surface area (Å²) in [6.07, 6.45) is 0. The Morgan fingerprint density at radius 2 is 0.773 bits per heavy atom. The van der Waals surface area contributed by atoms with Crippen LogP contribution in [0, 0.1) is 22.7 Å². The van der Waals surface area contributed by atoms with E-state index < -0.39 is 5.54 Å². The summed E-state index contributed by atoms with van der Waals surface area (Å²) in [4.78, 5) is 0. The van der Waals surface area contributed by atoms with Crippen LogP contribution in [0.1, 0.15) is 30.5 Å². The van der Waals surface area contributed by atoms with Crippen molar-refractivity contribution in [2.75, 3.05) is 0 Å². The molecule has 0 aliphatic heterocycles. The van der Waals surface area contributed by atoms with Gasteiger partial charge < -0.3 is 22.5 Å². The van der Waals surface area contributed by atoms with Crippen LogP contribution in [0.25, 0.3) is 121 Å². The largest absolute Gasteiger partial charge is 0.455 e. The molecule has 9 aromatic carbocycles. The minimum atomic E-state index is -0.959. The minimum absolute atomic E-state index is 0.412. The predicted octanol–water partition coefficient (Wildman–Crippen LogP) is 15.3. The molecule has 308 valence electrons. The van der Waals surface area contributed by atoms with E-state index in [0.717, 1.165) is 109 Å². The molecule has 14 aromatic rings. The number of benzene rings is 9. The molecule has 14 rings (SSSR count). The van der Waals surface area contributed by atoms with Crippen LogP contribution in [0.2, 0.25) is 0 Å². The van der Waals surface area contributed by atoms with Crippen molar-refractivity contribution >= 4 is 109 Å². The second-order valence-corrected chi connectivity index (χ2v) is 17.8. The molecule has 0 aliphatic carbocycles. The second-order valence-electron chi connectivity index (χ2n) is 17.8. The zero-order valence-corrected chi connectivity index (χ0v) is 35.8. The van der Waals surface area contributed by atoms with Crippen molar-refractivity contribution in [3.05, 3.63) is 193 Å². The van der Waals surface area contributed by atoms with Gasteiger partial charge in [-0.3, -0.25) is 0 Å². The highest BCUT2D eigenvalue weighted by atomic mass is 16.3. The number of hydrogen-bond acceptors (Lipinski definition) is 4. The molecular formula is C59H35N5O2. The number of hydrogen-bond donors (Lipinski definition) is 0. The third kappa shape index (κ3) is 4.58. The fourth-order valence-corrected chi connectivity index (χ4v) is 11.5. The van der Waals surface area contributed by atoms with Crippen LogP contribution in [0.15, 0.2) is 185 Å². The summed E-state index contributed by atoms with van der Waals surface area (Å²) in [5.74, 6) is 0. The van der Waals surface area contributed by atoms with Gasteiger partial charge in [0.05, 0.1) is 60.9 Å². The van der Waals surface area contributed by atoms with E-state index in [1.54, 1.807) is 0 Å². The molecular weight excluding hydrogens is 811 g/mol. The third-order valence-electron chi connectivity index (χ3n) is 14.1. The maximum Gasteiger partial charge on any atom is 0.145 e. The van der Waals surface area contributed by atoms with Gasteiger partial charge in [-0.2, -0.15) is 10.5 Å². The number of fused-ring (bicyclic) bond motifs is 17. The van der Waals surface area contributed by atoms with E-state index in [1.165, 1.54) is 0 Å². The Morgan fingerprint density at radius 3 is 1.21 bits per heavy atom. The maximum absolute atomic E-state index is 11.8. The number of aromatic nitrogens is 3. The highest BCUT2D eigenvalue weighted by Crippen LogP contribution is 2.48. The lowest BCUT2D eigenvalue weighted by Crippen LogP contribution is -2.31. The summed E-state index contributed by atoms with van der Waals surface area (Å²) in [7, 11) is 0. The van der Waals surface area contributed by atoms with E-state index in [2.05, 4.69) is 167 Å². The molecule has 7 heteroatoms. The fraction of sp³-hybridized carbons (Fsp3) is 0.0508. The zero-order chi connectivity index (χ0) is 44.0. The van der Waals surface area contributed by atoms with Crippen LogP contribution in [0.5, 0.6) is 0 Å². The van der Waals surface area contributed by atoms with Crippen LogP contribution in [-0.4, -0.2) is 13.7 Å². The van der Waals surface area contributed by atoms with Gasteiger partial charge in [-0.15, -0.1) is 0 Å². The Hall–Kier alpha value is -9.04. The van der Waals surface area contributed by atoms with Crippen LogP contribution in [0.3, 0.4) is 0 Å². The molecule has 0 bridgehead atoms. The van der Waals surface area contributed by atoms with Crippen molar-refractivity contribution in [1.29, 1.82) is 10.5 Å². The lowest BCUT2D eigenvalue weighted by molar-refractivity contribution is 0.462. The van der Waals surface area contributed by atoms with E-state index in [4.69, 9.17) is 8.83 Å². The lowest BCUT2D eigenvalue weighted by Gasteiger charge is -2.33. The van der Waals surface area contributed by atoms with Gasteiger partial charge in [-0.05, 0) is 80.6 Å². The van der Waals surface area contributed by atoms with Gasteiger partial charge in [-0.25, -0.2) is 0 Å². The van der Waals surface area contributed by atoms with Gasteiger partial charge in [0.25, 0.3) is 0 Å². The lowest BCUT2D eigenvalue weighted by atomic mass is 9.83. The number of para-hydroxylation sites is 6. The average molecular weight is 846 g/mol.